The molecule has 7 nitrogen and oxygen atoms in total. The number of rotatable bonds is 5. The van der Waals surface area contributed by atoms with Gasteiger partial charge < -0.3 is 25.1 Å². The van der Waals surface area contributed by atoms with Gasteiger partial charge in [-0.2, -0.15) is 0 Å². The second-order valence-corrected chi connectivity index (χ2v) is 8.46. The van der Waals surface area contributed by atoms with Crippen LogP contribution in [0.2, 0.25) is 0 Å². The average molecular weight is 444 g/mol. The molecule has 0 aromatic heterocycles. The third-order valence-electron chi connectivity index (χ3n) is 5.42. The van der Waals surface area contributed by atoms with Crippen molar-refractivity contribution in [3.8, 4) is 22.5 Å². The van der Waals surface area contributed by atoms with Crippen LogP contribution in [0, 0.1) is 5.41 Å². The molecule has 0 fully saturated rings. The summed E-state index contributed by atoms with van der Waals surface area (Å²) >= 11 is 0. The summed E-state index contributed by atoms with van der Waals surface area (Å²) in [4.78, 5) is 26.8. The van der Waals surface area contributed by atoms with Gasteiger partial charge in [-0.25, -0.2) is 4.79 Å². The number of aromatic carboxylic acids is 1. The van der Waals surface area contributed by atoms with Gasteiger partial charge in [0.05, 0.1) is 10.9 Å². The van der Waals surface area contributed by atoms with Gasteiger partial charge in [-0.3, -0.25) is 4.79 Å². The molecule has 0 saturated carbocycles. The highest BCUT2D eigenvalue weighted by Gasteiger charge is 2.23. The lowest BCUT2D eigenvalue weighted by atomic mass is 9.89. The minimum absolute atomic E-state index is 0.0581. The number of anilines is 1. The highest BCUT2D eigenvalue weighted by Crippen LogP contribution is 2.42. The number of nitrogens with zero attached hydrogens (tertiary/aromatic N) is 1. The van der Waals surface area contributed by atoms with Crippen LogP contribution >= 0.6 is 0 Å². The fourth-order valence-corrected chi connectivity index (χ4v) is 3.87. The van der Waals surface area contributed by atoms with Gasteiger partial charge in [0.15, 0.2) is 0 Å². The van der Waals surface area contributed by atoms with E-state index >= 15 is 0 Å². The Kier molecular flexibility index (Phi) is 5.64. The van der Waals surface area contributed by atoms with Crippen LogP contribution in [0.4, 0.5) is 5.69 Å². The maximum atomic E-state index is 12.7. The number of hydrogen-bond donors (Lipinski definition) is 3. The van der Waals surface area contributed by atoms with Crippen molar-refractivity contribution in [3.63, 3.8) is 0 Å². The predicted molar refractivity (Wildman–Crippen MR) is 128 cm³/mol. The Morgan fingerprint density at radius 1 is 1.00 bits per heavy atom. The molecule has 1 amide bonds. The summed E-state index contributed by atoms with van der Waals surface area (Å²) in [6.07, 6.45) is 0. The van der Waals surface area contributed by atoms with E-state index in [9.17, 15) is 14.7 Å². The van der Waals surface area contributed by atoms with Gasteiger partial charge in [0.2, 0.25) is 0 Å². The number of amides is 1. The van der Waals surface area contributed by atoms with Crippen LogP contribution in [-0.2, 0) is 0 Å². The number of carboxylic acids is 1. The maximum Gasteiger partial charge on any atom is 0.336 e. The molecule has 0 saturated heterocycles. The topological polar surface area (TPSA) is 107 Å². The molecule has 1 aliphatic heterocycles. The molecular formula is C26H25N3O4. The van der Waals surface area contributed by atoms with E-state index in [0.717, 1.165) is 11.1 Å². The molecule has 7 heteroatoms. The molecule has 2 aliphatic rings. The molecule has 0 radical (unpaired) electrons. The second kappa shape index (κ2) is 8.43. The van der Waals surface area contributed by atoms with E-state index in [2.05, 4.69) is 5.32 Å². The Hall–Kier alpha value is -4.13. The van der Waals surface area contributed by atoms with Gasteiger partial charge in [0.1, 0.15) is 11.3 Å². The van der Waals surface area contributed by atoms with Crippen molar-refractivity contribution in [2.75, 3.05) is 19.0 Å². The van der Waals surface area contributed by atoms with Gasteiger partial charge in [0.25, 0.3) is 5.91 Å². The van der Waals surface area contributed by atoms with E-state index in [1.54, 1.807) is 24.3 Å². The van der Waals surface area contributed by atoms with Gasteiger partial charge in [-0.15, -0.1) is 0 Å². The van der Waals surface area contributed by atoms with Crippen LogP contribution in [0.15, 0.2) is 59.0 Å². The minimum Gasteiger partial charge on any atom is -0.478 e. The molecule has 0 unspecified atom stereocenters. The van der Waals surface area contributed by atoms with Crippen LogP contribution in [0.1, 0.15) is 34.6 Å². The lowest BCUT2D eigenvalue weighted by molar-refractivity contribution is 0.0697. The Morgan fingerprint density at radius 2 is 1.76 bits per heavy atom. The number of fused-ring (bicyclic) bond motifs is 2. The summed E-state index contributed by atoms with van der Waals surface area (Å²) in [5.41, 5.74) is 3.65. The molecule has 3 N–H and O–H groups in total. The lowest BCUT2D eigenvalue weighted by Gasteiger charge is -2.19. The smallest absolute Gasteiger partial charge is 0.336 e. The summed E-state index contributed by atoms with van der Waals surface area (Å²) in [7, 11) is 3.84. The van der Waals surface area contributed by atoms with E-state index in [1.165, 1.54) is 12.1 Å². The average Bonchev–Trinajstić information content (AvgIpc) is 2.75. The fourth-order valence-electron chi connectivity index (χ4n) is 3.87. The van der Waals surface area contributed by atoms with Crippen LogP contribution < -0.4 is 15.6 Å². The van der Waals surface area contributed by atoms with Crippen molar-refractivity contribution in [3.05, 3.63) is 71.1 Å². The van der Waals surface area contributed by atoms with Gasteiger partial charge >= 0.3 is 5.97 Å². The number of carbonyl (C=O) groups excluding carboxylic acids is 1. The van der Waals surface area contributed by atoms with Crippen molar-refractivity contribution in [1.82, 2.24) is 5.32 Å². The largest absolute Gasteiger partial charge is 0.478 e. The van der Waals surface area contributed by atoms with E-state index < -0.39 is 5.97 Å². The van der Waals surface area contributed by atoms with E-state index in [-0.39, 0.29) is 22.9 Å². The molecule has 0 atom stereocenters. The zero-order valence-corrected chi connectivity index (χ0v) is 18.9. The number of carbonyl (C=O) groups is 2. The quantitative estimate of drug-likeness (QED) is 0.391. The molecule has 2 aromatic rings. The first-order chi connectivity index (χ1) is 15.7. The Balaban J connectivity index is 2.10. The Morgan fingerprint density at radius 3 is 2.42 bits per heavy atom. The molecule has 4 rings (SSSR count). The minimum atomic E-state index is -1.09. The number of carboxylic acid groups (broad SMARTS) is 1. The van der Waals surface area contributed by atoms with E-state index in [0.29, 0.717) is 33.6 Å². The van der Waals surface area contributed by atoms with Gasteiger partial charge in [-0.05, 0) is 61.9 Å². The third-order valence-corrected chi connectivity index (χ3v) is 5.42. The van der Waals surface area contributed by atoms with E-state index in [1.807, 2.05) is 51.0 Å². The standard InChI is InChI=1S/C26H25N3O4/c1-14(2)28-25(30)15-5-8-18(26(31)32)21(11-15)24-19-9-6-16(27)12-22(19)33-23-13-17(29(3)4)7-10-20(23)24/h5-14,27H,1-4H3,(H,28,30)(H,31,32). The predicted octanol–water partition coefficient (Wildman–Crippen LogP) is 4.59. The first-order valence-electron chi connectivity index (χ1n) is 10.6. The van der Waals surface area contributed by atoms with Crippen molar-refractivity contribution < 1.29 is 19.1 Å². The molecular weight excluding hydrogens is 418 g/mol. The molecule has 1 aliphatic carbocycles. The van der Waals surface area contributed by atoms with Crippen LogP contribution in [-0.4, -0.2) is 37.1 Å². The van der Waals surface area contributed by atoms with Crippen molar-refractivity contribution in [1.29, 1.82) is 5.41 Å². The molecule has 33 heavy (non-hydrogen) atoms. The number of hydrogen-bond acceptors (Lipinski definition) is 5. The van der Waals surface area contributed by atoms with Crippen LogP contribution in [0.25, 0.3) is 33.4 Å². The summed E-state index contributed by atoms with van der Waals surface area (Å²) < 4.78 is 6.14. The molecule has 0 bridgehead atoms. The zero-order valence-electron chi connectivity index (χ0n) is 18.9. The zero-order chi connectivity index (χ0) is 23.9. The maximum absolute atomic E-state index is 12.7. The molecule has 2 aromatic carbocycles. The first-order valence-corrected chi connectivity index (χ1v) is 10.6. The highest BCUT2D eigenvalue weighted by atomic mass is 16.4. The summed E-state index contributed by atoms with van der Waals surface area (Å²) in [5, 5.41) is 21.8. The summed E-state index contributed by atoms with van der Waals surface area (Å²) in [6.45, 7) is 3.73. The van der Waals surface area contributed by atoms with Gasteiger partial charge in [0, 0.05) is 60.0 Å². The van der Waals surface area contributed by atoms with Crippen LogP contribution in [0.3, 0.4) is 0 Å². The molecule has 1 heterocycles. The summed E-state index contributed by atoms with van der Waals surface area (Å²) in [5.74, 6) is -0.903. The van der Waals surface area contributed by atoms with Crippen molar-refractivity contribution in [2.24, 2.45) is 0 Å². The van der Waals surface area contributed by atoms with E-state index in [4.69, 9.17) is 9.83 Å². The number of nitrogens with one attached hydrogen (secondary N) is 2. The SMILES string of the molecule is CC(C)NC(=O)c1ccc(C(=O)O)c(-c2c3ccc(=N)cc-3oc3cc(N(C)C)ccc23)c1. The monoisotopic (exact) mass is 443 g/mol. The van der Waals surface area contributed by atoms with Crippen LogP contribution in [0.5, 0.6) is 0 Å². The molecule has 168 valence electrons. The third kappa shape index (κ3) is 4.17. The first kappa shape index (κ1) is 22.1. The van der Waals surface area contributed by atoms with Crippen molar-refractivity contribution >= 4 is 28.5 Å². The summed E-state index contributed by atoms with van der Waals surface area (Å²) in [6, 6.07) is 15.2. The second-order valence-electron chi connectivity index (χ2n) is 8.46. The Bertz CT molecular complexity index is 1420. The number of benzene rings is 3. The Labute approximate surface area is 191 Å². The fraction of sp³-hybridized carbons (Fsp3) is 0.192. The normalized spacial score (nSPS) is 11.2. The van der Waals surface area contributed by atoms with Gasteiger partial charge in [-0.1, -0.05) is 0 Å². The lowest BCUT2D eigenvalue weighted by Crippen LogP contribution is -2.30. The van der Waals surface area contributed by atoms with Crippen molar-refractivity contribution in [2.45, 2.75) is 19.9 Å². The highest BCUT2D eigenvalue weighted by molar-refractivity contribution is 6.09. The molecule has 0 spiro atoms.